The van der Waals surface area contributed by atoms with Crippen LogP contribution in [0.3, 0.4) is 0 Å². The first kappa shape index (κ1) is 10.3. The van der Waals surface area contributed by atoms with Crippen LogP contribution in [0, 0.1) is 0 Å². The zero-order valence-corrected chi connectivity index (χ0v) is 9.79. The van der Waals surface area contributed by atoms with E-state index in [4.69, 9.17) is 9.47 Å². The molecule has 1 amide bonds. The summed E-state index contributed by atoms with van der Waals surface area (Å²) in [7, 11) is 0. The van der Waals surface area contributed by atoms with Gasteiger partial charge in [0.2, 0.25) is 5.91 Å². The number of anilines is 2. The van der Waals surface area contributed by atoms with Gasteiger partial charge in [-0.2, -0.15) is 0 Å². The summed E-state index contributed by atoms with van der Waals surface area (Å²) in [4.78, 5) is 11.8. The Labute approximate surface area is 99.1 Å². The molecule has 0 unspecified atom stereocenters. The number of carbonyl (C=O) groups excluding carboxylic acids is 1. The Balaban J connectivity index is 2.06. The Morgan fingerprint density at radius 3 is 2.35 bits per heavy atom. The average Bonchev–Trinajstić information content (AvgIpc) is 2.28. The van der Waals surface area contributed by atoms with Crippen molar-refractivity contribution in [2.45, 2.75) is 19.4 Å². The predicted octanol–water partition coefficient (Wildman–Crippen LogP) is 1.60. The van der Waals surface area contributed by atoms with Crippen molar-refractivity contribution in [3.63, 3.8) is 0 Å². The van der Waals surface area contributed by atoms with E-state index in [1.54, 1.807) is 6.07 Å². The number of amides is 1. The molecule has 0 radical (unpaired) electrons. The molecular formula is C12H14N2O3. The highest BCUT2D eigenvalue weighted by Gasteiger charge is 2.33. The third-order valence-electron chi connectivity index (χ3n) is 2.95. The summed E-state index contributed by atoms with van der Waals surface area (Å²) in [6.07, 6.45) is 0. The second-order valence-electron chi connectivity index (χ2n) is 4.75. The molecule has 2 heterocycles. The van der Waals surface area contributed by atoms with Crippen molar-refractivity contribution >= 4 is 17.3 Å². The smallest absolute Gasteiger partial charge is 0.249 e. The van der Waals surface area contributed by atoms with Gasteiger partial charge in [-0.25, -0.2) is 0 Å². The lowest BCUT2D eigenvalue weighted by Gasteiger charge is -2.33. The number of carbonyl (C=O) groups is 1. The highest BCUT2D eigenvalue weighted by Crippen LogP contribution is 2.41. The molecule has 3 rings (SSSR count). The number of benzene rings is 1. The minimum atomic E-state index is -0.614. The molecule has 0 atom stereocenters. The van der Waals surface area contributed by atoms with Gasteiger partial charge >= 0.3 is 0 Å². The van der Waals surface area contributed by atoms with E-state index in [2.05, 4.69) is 10.6 Å². The van der Waals surface area contributed by atoms with Crippen LogP contribution in [0.15, 0.2) is 12.1 Å². The first-order chi connectivity index (χ1) is 8.06. The van der Waals surface area contributed by atoms with Gasteiger partial charge in [-0.15, -0.1) is 0 Å². The van der Waals surface area contributed by atoms with Crippen molar-refractivity contribution in [2.24, 2.45) is 0 Å². The highest BCUT2D eigenvalue weighted by atomic mass is 16.6. The fourth-order valence-corrected chi connectivity index (χ4v) is 1.97. The van der Waals surface area contributed by atoms with E-state index in [0.717, 1.165) is 17.1 Å². The molecule has 0 aliphatic carbocycles. The standard InChI is InChI=1S/C12H14N2O3/c1-12(2)11(15)13-7-5-9-10(6-8(7)14-12)17-4-3-16-9/h5-6,14H,3-4H2,1-2H3,(H,13,15). The summed E-state index contributed by atoms with van der Waals surface area (Å²) < 4.78 is 11.0. The SMILES string of the molecule is CC1(C)Nc2cc3c(cc2NC1=O)OCCO3. The maximum atomic E-state index is 11.8. The van der Waals surface area contributed by atoms with Gasteiger partial charge in [-0.1, -0.05) is 0 Å². The summed E-state index contributed by atoms with van der Waals surface area (Å²) in [5.74, 6) is 1.34. The Morgan fingerprint density at radius 1 is 1.12 bits per heavy atom. The topological polar surface area (TPSA) is 59.6 Å². The second kappa shape index (κ2) is 3.29. The van der Waals surface area contributed by atoms with Crippen molar-refractivity contribution < 1.29 is 14.3 Å². The van der Waals surface area contributed by atoms with Crippen molar-refractivity contribution in [1.29, 1.82) is 0 Å². The summed E-state index contributed by atoms with van der Waals surface area (Å²) in [5.41, 5.74) is 0.981. The number of nitrogens with one attached hydrogen (secondary N) is 2. The Hall–Kier alpha value is -1.91. The molecule has 0 spiro atoms. The van der Waals surface area contributed by atoms with E-state index in [0.29, 0.717) is 19.0 Å². The predicted molar refractivity (Wildman–Crippen MR) is 63.8 cm³/mol. The molecule has 90 valence electrons. The van der Waals surface area contributed by atoms with E-state index in [1.165, 1.54) is 0 Å². The lowest BCUT2D eigenvalue weighted by molar-refractivity contribution is -0.119. The van der Waals surface area contributed by atoms with Gasteiger partial charge in [0.25, 0.3) is 0 Å². The fourth-order valence-electron chi connectivity index (χ4n) is 1.97. The van der Waals surface area contributed by atoms with E-state index in [9.17, 15) is 4.79 Å². The maximum absolute atomic E-state index is 11.8. The molecule has 1 aromatic carbocycles. The van der Waals surface area contributed by atoms with Crippen LogP contribution in [0.2, 0.25) is 0 Å². The second-order valence-corrected chi connectivity index (χ2v) is 4.75. The van der Waals surface area contributed by atoms with Crippen LogP contribution in [0.1, 0.15) is 13.8 Å². The third-order valence-corrected chi connectivity index (χ3v) is 2.95. The first-order valence-corrected chi connectivity index (χ1v) is 5.59. The van der Waals surface area contributed by atoms with E-state index >= 15 is 0 Å². The Bertz CT molecular complexity index is 497. The highest BCUT2D eigenvalue weighted by molar-refractivity contribution is 6.06. The number of hydrogen-bond acceptors (Lipinski definition) is 4. The third kappa shape index (κ3) is 1.58. The van der Waals surface area contributed by atoms with Crippen LogP contribution in [-0.2, 0) is 4.79 Å². The molecule has 2 aliphatic heterocycles. The number of ether oxygens (including phenoxy) is 2. The van der Waals surface area contributed by atoms with Crippen molar-refractivity contribution in [3.8, 4) is 11.5 Å². The summed E-state index contributed by atoms with van der Waals surface area (Å²) in [5, 5.41) is 6.05. The van der Waals surface area contributed by atoms with Gasteiger partial charge in [0.15, 0.2) is 11.5 Å². The number of fused-ring (bicyclic) bond motifs is 2. The van der Waals surface area contributed by atoms with Crippen LogP contribution >= 0.6 is 0 Å². The zero-order chi connectivity index (χ0) is 12.0. The largest absolute Gasteiger partial charge is 0.486 e. The van der Waals surface area contributed by atoms with Gasteiger partial charge in [-0.05, 0) is 13.8 Å². The monoisotopic (exact) mass is 234 g/mol. The normalized spacial score (nSPS) is 20.0. The number of hydrogen-bond donors (Lipinski definition) is 2. The van der Waals surface area contributed by atoms with E-state index in [-0.39, 0.29) is 5.91 Å². The molecule has 2 N–H and O–H groups in total. The van der Waals surface area contributed by atoms with E-state index in [1.807, 2.05) is 19.9 Å². The average molecular weight is 234 g/mol. The van der Waals surface area contributed by atoms with Gasteiger partial charge in [0, 0.05) is 12.1 Å². The molecule has 1 aromatic rings. The summed E-state index contributed by atoms with van der Waals surface area (Å²) in [6, 6.07) is 3.66. The minimum Gasteiger partial charge on any atom is -0.486 e. The van der Waals surface area contributed by atoms with Gasteiger partial charge < -0.3 is 20.1 Å². The first-order valence-electron chi connectivity index (χ1n) is 5.59. The molecule has 0 aromatic heterocycles. The lowest BCUT2D eigenvalue weighted by atomic mass is 10.00. The van der Waals surface area contributed by atoms with Crippen LogP contribution in [0.4, 0.5) is 11.4 Å². The van der Waals surface area contributed by atoms with Gasteiger partial charge in [-0.3, -0.25) is 4.79 Å². The van der Waals surface area contributed by atoms with Crippen LogP contribution in [0.25, 0.3) is 0 Å². The molecule has 17 heavy (non-hydrogen) atoms. The van der Waals surface area contributed by atoms with Gasteiger partial charge in [0.05, 0.1) is 11.4 Å². The Morgan fingerprint density at radius 2 is 1.71 bits per heavy atom. The Kier molecular flexibility index (Phi) is 1.98. The fraction of sp³-hybridized carbons (Fsp3) is 0.417. The molecule has 0 saturated heterocycles. The molecule has 5 heteroatoms. The summed E-state index contributed by atoms with van der Waals surface area (Å²) >= 11 is 0. The van der Waals surface area contributed by atoms with Crippen molar-refractivity contribution in [2.75, 3.05) is 23.8 Å². The molecule has 2 aliphatic rings. The molecule has 0 saturated carbocycles. The molecule has 0 bridgehead atoms. The molecule has 0 fully saturated rings. The van der Waals surface area contributed by atoms with Gasteiger partial charge in [0.1, 0.15) is 18.8 Å². The minimum absolute atomic E-state index is 0.0540. The van der Waals surface area contributed by atoms with Crippen LogP contribution in [0.5, 0.6) is 11.5 Å². The van der Waals surface area contributed by atoms with Crippen molar-refractivity contribution in [3.05, 3.63) is 12.1 Å². The van der Waals surface area contributed by atoms with Crippen LogP contribution < -0.4 is 20.1 Å². The maximum Gasteiger partial charge on any atom is 0.249 e. The van der Waals surface area contributed by atoms with E-state index < -0.39 is 5.54 Å². The van der Waals surface area contributed by atoms with Crippen molar-refractivity contribution in [1.82, 2.24) is 0 Å². The quantitative estimate of drug-likeness (QED) is 0.715. The molecule has 5 nitrogen and oxygen atoms in total. The van der Waals surface area contributed by atoms with Crippen LogP contribution in [-0.4, -0.2) is 24.7 Å². The summed E-state index contributed by atoms with van der Waals surface area (Å²) in [6.45, 7) is 4.77. The molecular weight excluding hydrogens is 220 g/mol. The lowest BCUT2D eigenvalue weighted by Crippen LogP contribution is -2.47. The zero-order valence-electron chi connectivity index (χ0n) is 9.79. The number of rotatable bonds is 0.